The standard InChI is InChI=1S/C12H14ClN3O3/c1-6-8(13)4-7(11(18-3)10(6)17-2)12-15-9(5-14)19-16-12/h4H,5,14H2,1-3H3. The first-order valence-corrected chi connectivity index (χ1v) is 5.94. The first kappa shape index (κ1) is 13.6. The van der Waals surface area contributed by atoms with Crippen LogP contribution in [0.25, 0.3) is 11.4 Å². The number of hydrogen-bond donors (Lipinski definition) is 1. The molecule has 1 aromatic carbocycles. The van der Waals surface area contributed by atoms with Gasteiger partial charge in [-0.2, -0.15) is 4.98 Å². The van der Waals surface area contributed by atoms with Crippen LogP contribution in [0.4, 0.5) is 0 Å². The summed E-state index contributed by atoms with van der Waals surface area (Å²) in [5.74, 6) is 1.75. The highest BCUT2D eigenvalue weighted by molar-refractivity contribution is 6.32. The van der Waals surface area contributed by atoms with Gasteiger partial charge in [0.2, 0.25) is 11.7 Å². The molecule has 1 aromatic heterocycles. The highest BCUT2D eigenvalue weighted by Gasteiger charge is 2.20. The third-order valence-electron chi connectivity index (χ3n) is 2.71. The van der Waals surface area contributed by atoms with Crippen LogP contribution in [0.15, 0.2) is 10.6 Å². The largest absolute Gasteiger partial charge is 0.493 e. The lowest BCUT2D eigenvalue weighted by Crippen LogP contribution is -1.98. The number of nitrogens with two attached hydrogens (primary N) is 1. The monoisotopic (exact) mass is 283 g/mol. The molecule has 7 heteroatoms. The van der Waals surface area contributed by atoms with E-state index in [1.54, 1.807) is 20.3 Å². The number of rotatable bonds is 4. The van der Waals surface area contributed by atoms with Crippen molar-refractivity contribution in [2.75, 3.05) is 14.2 Å². The van der Waals surface area contributed by atoms with Crippen molar-refractivity contribution in [1.82, 2.24) is 10.1 Å². The molecule has 0 aliphatic carbocycles. The molecule has 0 saturated heterocycles. The number of methoxy groups -OCH3 is 2. The second-order valence-corrected chi connectivity index (χ2v) is 4.22. The van der Waals surface area contributed by atoms with Crippen molar-refractivity contribution in [3.8, 4) is 22.9 Å². The van der Waals surface area contributed by atoms with Gasteiger partial charge in [-0.3, -0.25) is 0 Å². The Kier molecular flexibility index (Phi) is 3.92. The summed E-state index contributed by atoms with van der Waals surface area (Å²) in [4.78, 5) is 4.16. The summed E-state index contributed by atoms with van der Waals surface area (Å²) >= 11 is 6.17. The van der Waals surface area contributed by atoms with E-state index >= 15 is 0 Å². The molecule has 0 amide bonds. The van der Waals surface area contributed by atoms with Crippen LogP contribution in [0, 0.1) is 6.92 Å². The molecule has 1 heterocycles. The Hall–Kier alpha value is -1.79. The van der Waals surface area contributed by atoms with Crippen molar-refractivity contribution < 1.29 is 14.0 Å². The van der Waals surface area contributed by atoms with Gasteiger partial charge in [0.25, 0.3) is 0 Å². The Morgan fingerprint density at radius 3 is 2.53 bits per heavy atom. The third kappa shape index (κ3) is 2.36. The fraction of sp³-hybridized carbons (Fsp3) is 0.333. The Labute approximate surface area is 115 Å². The SMILES string of the molecule is COc1c(-c2noc(CN)n2)cc(Cl)c(C)c1OC. The van der Waals surface area contributed by atoms with Crippen molar-refractivity contribution in [2.45, 2.75) is 13.5 Å². The predicted molar refractivity (Wildman–Crippen MR) is 70.5 cm³/mol. The van der Waals surface area contributed by atoms with Crippen LogP contribution >= 0.6 is 11.6 Å². The van der Waals surface area contributed by atoms with E-state index < -0.39 is 0 Å². The first-order chi connectivity index (χ1) is 9.12. The number of ether oxygens (including phenoxy) is 2. The molecule has 2 rings (SSSR count). The van der Waals surface area contributed by atoms with E-state index in [1.165, 1.54) is 0 Å². The van der Waals surface area contributed by atoms with E-state index in [9.17, 15) is 0 Å². The van der Waals surface area contributed by atoms with Gasteiger partial charge in [0.05, 0.1) is 26.3 Å². The molecule has 102 valence electrons. The molecular formula is C12H14ClN3O3. The first-order valence-electron chi connectivity index (χ1n) is 5.56. The van der Waals surface area contributed by atoms with Gasteiger partial charge in [-0.15, -0.1) is 0 Å². The lowest BCUT2D eigenvalue weighted by atomic mass is 10.1. The number of hydrogen-bond acceptors (Lipinski definition) is 6. The third-order valence-corrected chi connectivity index (χ3v) is 3.11. The quantitative estimate of drug-likeness (QED) is 0.926. The van der Waals surface area contributed by atoms with Crippen LogP contribution in [0.5, 0.6) is 11.5 Å². The molecule has 0 aliphatic heterocycles. The summed E-state index contributed by atoms with van der Waals surface area (Å²) in [5, 5.41) is 4.39. The van der Waals surface area contributed by atoms with Crippen LogP contribution in [0.2, 0.25) is 5.02 Å². The van der Waals surface area contributed by atoms with Crippen LogP contribution in [-0.4, -0.2) is 24.4 Å². The zero-order valence-corrected chi connectivity index (χ0v) is 11.6. The molecule has 2 aromatic rings. The predicted octanol–water partition coefficient (Wildman–Crippen LogP) is 2.17. The lowest BCUT2D eigenvalue weighted by Gasteiger charge is -2.14. The second kappa shape index (κ2) is 5.46. The normalized spacial score (nSPS) is 10.6. The molecule has 0 saturated carbocycles. The fourth-order valence-electron chi connectivity index (χ4n) is 1.76. The molecule has 0 atom stereocenters. The van der Waals surface area contributed by atoms with Crippen molar-refractivity contribution in [3.63, 3.8) is 0 Å². The Balaban J connectivity index is 2.65. The average Bonchev–Trinajstić information content (AvgIpc) is 2.89. The van der Waals surface area contributed by atoms with E-state index in [2.05, 4.69) is 10.1 Å². The summed E-state index contributed by atoms with van der Waals surface area (Å²) < 4.78 is 15.7. The Bertz CT molecular complexity index is 598. The molecule has 0 aliphatic rings. The van der Waals surface area contributed by atoms with Gasteiger partial charge in [-0.25, -0.2) is 0 Å². The summed E-state index contributed by atoms with van der Waals surface area (Å²) in [5.41, 5.74) is 6.82. The molecule has 6 nitrogen and oxygen atoms in total. The highest BCUT2D eigenvalue weighted by atomic mass is 35.5. The van der Waals surface area contributed by atoms with Gasteiger partial charge in [0.1, 0.15) is 0 Å². The van der Waals surface area contributed by atoms with Crippen molar-refractivity contribution in [3.05, 3.63) is 22.5 Å². The van der Waals surface area contributed by atoms with Gasteiger partial charge in [0.15, 0.2) is 11.5 Å². The van der Waals surface area contributed by atoms with E-state index in [1.807, 2.05) is 6.92 Å². The van der Waals surface area contributed by atoms with Gasteiger partial charge in [-0.05, 0) is 13.0 Å². The van der Waals surface area contributed by atoms with E-state index in [4.69, 9.17) is 31.3 Å². The highest BCUT2D eigenvalue weighted by Crippen LogP contribution is 2.42. The molecule has 0 radical (unpaired) electrons. The smallest absolute Gasteiger partial charge is 0.240 e. The molecule has 0 bridgehead atoms. The summed E-state index contributed by atoms with van der Waals surface area (Å²) in [6, 6.07) is 1.71. The van der Waals surface area contributed by atoms with Crippen LogP contribution < -0.4 is 15.2 Å². The summed E-state index contributed by atoms with van der Waals surface area (Å²) in [7, 11) is 3.09. The van der Waals surface area contributed by atoms with E-state index in [0.29, 0.717) is 33.8 Å². The van der Waals surface area contributed by atoms with Gasteiger partial charge in [0, 0.05) is 10.6 Å². The second-order valence-electron chi connectivity index (χ2n) is 3.81. The Morgan fingerprint density at radius 1 is 1.32 bits per heavy atom. The number of benzene rings is 1. The Morgan fingerprint density at radius 2 is 2.00 bits per heavy atom. The minimum Gasteiger partial charge on any atom is -0.493 e. The summed E-state index contributed by atoms with van der Waals surface area (Å²) in [6.45, 7) is 2.01. The fourth-order valence-corrected chi connectivity index (χ4v) is 1.96. The zero-order chi connectivity index (χ0) is 14.0. The number of halogens is 1. The topological polar surface area (TPSA) is 83.4 Å². The molecule has 19 heavy (non-hydrogen) atoms. The summed E-state index contributed by atoms with van der Waals surface area (Å²) in [6.07, 6.45) is 0. The number of nitrogens with zero attached hydrogens (tertiary/aromatic N) is 2. The van der Waals surface area contributed by atoms with Gasteiger partial charge >= 0.3 is 0 Å². The minimum atomic E-state index is 0.173. The average molecular weight is 284 g/mol. The van der Waals surface area contributed by atoms with Crippen molar-refractivity contribution >= 4 is 11.6 Å². The van der Waals surface area contributed by atoms with Crippen molar-refractivity contribution in [2.24, 2.45) is 5.73 Å². The molecule has 0 spiro atoms. The van der Waals surface area contributed by atoms with Gasteiger partial charge in [-0.1, -0.05) is 16.8 Å². The minimum absolute atomic E-state index is 0.173. The molecule has 0 fully saturated rings. The lowest BCUT2D eigenvalue weighted by molar-refractivity contribution is 0.353. The van der Waals surface area contributed by atoms with Crippen LogP contribution in [-0.2, 0) is 6.54 Å². The maximum absolute atomic E-state index is 6.17. The molecule has 2 N–H and O–H groups in total. The van der Waals surface area contributed by atoms with E-state index in [0.717, 1.165) is 5.56 Å². The van der Waals surface area contributed by atoms with Crippen molar-refractivity contribution in [1.29, 1.82) is 0 Å². The molecule has 0 unspecified atom stereocenters. The van der Waals surface area contributed by atoms with Crippen LogP contribution in [0.3, 0.4) is 0 Å². The van der Waals surface area contributed by atoms with Gasteiger partial charge < -0.3 is 19.7 Å². The van der Waals surface area contributed by atoms with Crippen LogP contribution in [0.1, 0.15) is 11.5 Å². The zero-order valence-electron chi connectivity index (χ0n) is 10.9. The number of aromatic nitrogens is 2. The molecular weight excluding hydrogens is 270 g/mol. The van der Waals surface area contributed by atoms with E-state index in [-0.39, 0.29) is 6.54 Å². The maximum atomic E-state index is 6.17. The maximum Gasteiger partial charge on any atom is 0.240 e.